The molecule has 0 amide bonds. The Bertz CT molecular complexity index is 1390. The summed E-state index contributed by atoms with van der Waals surface area (Å²) in [7, 11) is -4.88. The number of rotatable bonds is 9. The van der Waals surface area contributed by atoms with E-state index in [0.717, 1.165) is 34.3 Å². The monoisotopic (exact) mass is 562 g/mol. The number of benzene rings is 3. The summed E-state index contributed by atoms with van der Waals surface area (Å²) in [5.74, 6) is 0. The zero-order chi connectivity index (χ0) is 28.2. The summed E-state index contributed by atoms with van der Waals surface area (Å²) in [5, 5.41) is 2.16. The molecular weight excluding hydrogens is 523 g/mol. The van der Waals surface area contributed by atoms with E-state index < -0.39 is 17.2 Å². The Morgan fingerprint density at radius 2 is 1.36 bits per heavy atom. The van der Waals surface area contributed by atoms with Crippen LogP contribution in [0.5, 0.6) is 0 Å². The zero-order valence-corrected chi connectivity index (χ0v) is 25.0. The average molecular weight is 563 g/mol. The van der Waals surface area contributed by atoms with Crippen LogP contribution in [0.25, 0.3) is 0 Å². The van der Waals surface area contributed by atoms with Gasteiger partial charge < -0.3 is 0 Å². The van der Waals surface area contributed by atoms with Crippen LogP contribution in [0.4, 0.5) is 0 Å². The van der Waals surface area contributed by atoms with Crippen LogP contribution in [0, 0.1) is 5.41 Å². The number of hydrogen-bond acceptors (Lipinski definition) is 3. The Kier molecular flexibility index (Phi) is 8.49. The molecule has 0 atom stereocenters. The van der Waals surface area contributed by atoms with Gasteiger partial charge in [-0.3, -0.25) is 0 Å². The van der Waals surface area contributed by atoms with Gasteiger partial charge in [0.05, 0.1) is 0 Å². The molecule has 0 radical (unpaired) electrons. The Hall–Kier alpha value is -2.82. The molecule has 4 nitrogen and oxygen atoms in total. The zero-order valence-electron chi connectivity index (χ0n) is 23.2. The van der Waals surface area contributed by atoms with E-state index in [-0.39, 0.29) is 11.6 Å². The summed E-state index contributed by atoms with van der Waals surface area (Å²) in [6.45, 7) is 4.56. The van der Waals surface area contributed by atoms with Gasteiger partial charge in [-0.05, 0) is 0 Å². The van der Waals surface area contributed by atoms with E-state index in [1.54, 1.807) is 0 Å². The first-order valence-electron chi connectivity index (χ1n) is 13.4. The second-order valence-corrected chi connectivity index (χ2v) is 16.9. The molecule has 3 aromatic rings. The molecule has 0 heterocycles. The van der Waals surface area contributed by atoms with Crippen LogP contribution in [0.2, 0.25) is 0 Å². The molecular formula is C33H39O4PS. The molecule has 0 aromatic heterocycles. The van der Waals surface area contributed by atoms with Crippen LogP contribution < -0.4 is 15.9 Å². The number of hydrogen-bond donors (Lipinski definition) is 1. The van der Waals surface area contributed by atoms with Crippen LogP contribution in [-0.4, -0.2) is 19.1 Å². The van der Waals surface area contributed by atoms with Gasteiger partial charge in [0, 0.05) is 0 Å². The first kappa shape index (κ1) is 29.2. The molecule has 0 bridgehead atoms. The van der Waals surface area contributed by atoms with Crippen molar-refractivity contribution in [3.8, 4) is 0 Å². The molecule has 206 valence electrons. The quantitative estimate of drug-likeness (QED) is 0.169. The molecule has 39 heavy (non-hydrogen) atoms. The molecule has 0 spiro atoms. The molecule has 4 rings (SSSR count). The minimum atomic E-state index is -4.88. The maximum absolute atomic E-state index is 12.8. The molecule has 0 saturated heterocycles. The Labute approximate surface area is 234 Å². The summed E-state index contributed by atoms with van der Waals surface area (Å²) in [5.41, 5.74) is 3.89. The predicted molar refractivity (Wildman–Crippen MR) is 166 cm³/mol. The normalized spacial score (nSPS) is 17.7. The third kappa shape index (κ3) is 5.88. The molecule has 6 heteroatoms. The van der Waals surface area contributed by atoms with Gasteiger partial charge in [0.2, 0.25) is 0 Å². The third-order valence-electron chi connectivity index (χ3n) is 7.98. The van der Waals surface area contributed by atoms with Crippen molar-refractivity contribution in [1.29, 1.82) is 0 Å². The van der Waals surface area contributed by atoms with Gasteiger partial charge in [-0.15, -0.1) is 0 Å². The van der Waals surface area contributed by atoms with Gasteiger partial charge >= 0.3 is 235 Å². The van der Waals surface area contributed by atoms with Crippen LogP contribution in [0.15, 0.2) is 126 Å². The fourth-order valence-corrected chi connectivity index (χ4v) is 13.5. The van der Waals surface area contributed by atoms with Crippen LogP contribution in [0.1, 0.15) is 47.0 Å². The van der Waals surface area contributed by atoms with Crippen molar-refractivity contribution in [2.24, 2.45) is 5.41 Å². The van der Waals surface area contributed by atoms with E-state index in [4.69, 9.17) is 3.97 Å². The van der Waals surface area contributed by atoms with Crippen molar-refractivity contribution in [2.75, 3.05) is 6.16 Å². The van der Waals surface area contributed by atoms with Crippen molar-refractivity contribution in [3.63, 3.8) is 0 Å². The second kappa shape index (κ2) is 11.3. The third-order valence-corrected chi connectivity index (χ3v) is 15.1. The van der Waals surface area contributed by atoms with E-state index in [2.05, 4.69) is 39.0 Å². The Morgan fingerprint density at radius 1 is 0.897 bits per heavy atom. The van der Waals surface area contributed by atoms with E-state index in [1.165, 1.54) is 17.6 Å². The van der Waals surface area contributed by atoms with Crippen molar-refractivity contribution in [3.05, 3.63) is 126 Å². The summed E-state index contributed by atoms with van der Waals surface area (Å²) in [4.78, 5) is 0. The first-order valence-corrected chi connectivity index (χ1v) is 17.1. The standard InChI is InChI=1S/C33H39O4PS/c1-27(22-23-32-28(2)15-14-25-33(32,3)4)24-26-38(37-39(34,35)36,29-16-8-5-9-17-29,30-18-10-6-11-19-30)31-20-12-7-13-21-31/h5-13,16-24H,14-15,25-26H2,1-4H3,(H,34,35,36)/b23-22+,27-24-. The van der Waals surface area contributed by atoms with Crippen molar-refractivity contribution in [2.45, 2.75) is 47.0 Å². The maximum atomic E-state index is 12.8. The molecule has 0 fully saturated rings. The van der Waals surface area contributed by atoms with Gasteiger partial charge in [0.25, 0.3) is 0 Å². The van der Waals surface area contributed by atoms with Crippen LogP contribution in [-0.2, 0) is 14.4 Å². The van der Waals surface area contributed by atoms with Crippen molar-refractivity contribution < 1.29 is 16.9 Å². The van der Waals surface area contributed by atoms with E-state index >= 15 is 0 Å². The molecule has 1 N–H and O–H groups in total. The van der Waals surface area contributed by atoms with E-state index in [9.17, 15) is 13.0 Å². The summed E-state index contributed by atoms with van der Waals surface area (Å²) < 4.78 is 42.1. The summed E-state index contributed by atoms with van der Waals surface area (Å²) >= 11 is 0. The van der Waals surface area contributed by atoms with E-state index in [1.807, 2.05) is 97.9 Å². The topological polar surface area (TPSA) is 63.6 Å². The molecule has 0 aliphatic heterocycles. The Morgan fingerprint density at radius 3 is 1.77 bits per heavy atom. The number of allylic oxidation sites excluding steroid dienone is 6. The van der Waals surface area contributed by atoms with Gasteiger partial charge in [0.1, 0.15) is 0 Å². The van der Waals surface area contributed by atoms with Gasteiger partial charge in [-0.2, -0.15) is 0 Å². The fourth-order valence-electron chi connectivity index (χ4n) is 5.97. The molecule has 0 unspecified atom stereocenters. The summed E-state index contributed by atoms with van der Waals surface area (Å²) in [6.07, 6.45) is 10.1. The molecule has 0 saturated carbocycles. The van der Waals surface area contributed by atoms with Crippen LogP contribution in [0.3, 0.4) is 0 Å². The van der Waals surface area contributed by atoms with Gasteiger partial charge in [0.15, 0.2) is 0 Å². The van der Waals surface area contributed by atoms with Gasteiger partial charge in [-0.1, -0.05) is 0 Å². The molecule has 3 aromatic carbocycles. The van der Waals surface area contributed by atoms with Gasteiger partial charge in [-0.25, -0.2) is 0 Å². The van der Waals surface area contributed by atoms with E-state index in [0.29, 0.717) is 0 Å². The first-order chi connectivity index (χ1) is 18.5. The summed E-state index contributed by atoms with van der Waals surface area (Å²) in [6, 6.07) is 28.4. The molecule has 1 aliphatic carbocycles. The average Bonchev–Trinajstić information content (AvgIpc) is 2.91. The molecule has 1 aliphatic rings. The van der Waals surface area contributed by atoms with Crippen LogP contribution >= 0.6 is 6.83 Å². The second-order valence-electron chi connectivity index (χ2n) is 11.1. The van der Waals surface area contributed by atoms with Crippen molar-refractivity contribution in [1.82, 2.24) is 0 Å². The Balaban J connectivity index is 1.98. The predicted octanol–water partition coefficient (Wildman–Crippen LogP) is 7.28. The SMILES string of the molecule is CC1=C(/C=C/C(C)=C\CP(OS(=O)(=O)O)(c2ccccc2)(c2ccccc2)c2ccccc2)C(C)(C)CCC1. The minimum absolute atomic E-state index is 0.116. The van der Waals surface area contributed by atoms with Crippen molar-refractivity contribution >= 4 is 33.1 Å². The fraction of sp³-hybridized carbons (Fsp3) is 0.273.